The second kappa shape index (κ2) is 5.31. The van der Waals surface area contributed by atoms with Crippen molar-refractivity contribution in [3.8, 4) is 5.82 Å². The highest BCUT2D eigenvalue weighted by atomic mass is 16.1. The van der Waals surface area contributed by atoms with Crippen LogP contribution in [0.2, 0.25) is 0 Å². The number of rotatable bonds is 3. The van der Waals surface area contributed by atoms with E-state index in [1.807, 2.05) is 18.2 Å². The van der Waals surface area contributed by atoms with Gasteiger partial charge in [-0.05, 0) is 24.3 Å². The smallest absolute Gasteiger partial charge is 0.255 e. The van der Waals surface area contributed by atoms with Crippen LogP contribution in [0.5, 0.6) is 0 Å². The minimum absolute atomic E-state index is 0.194. The molecule has 0 fully saturated rings. The third-order valence-corrected chi connectivity index (χ3v) is 2.71. The molecule has 0 saturated carbocycles. The third-order valence-electron chi connectivity index (χ3n) is 2.71. The Labute approximate surface area is 115 Å². The number of hydrogen-bond donors (Lipinski definition) is 1. The standard InChI is InChI=1S/C14H11N5O/c20-14(11-5-2-1-3-6-11)18-12-7-4-8-16-13(12)19-10-15-9-17-19/h1-10H,(H,18,20). The van der Waals surface area contributed by atoms with Gasteiger partial charge in [0.1, 0.15) is 12.7 Å². The van der Waals surface area contributed by atoms with Crippen molar-refractivity contribution in [3.63, 3.8) is 0 Å². The number of aromatic nitrogens is 4. The second-order valence-electron chi connectivity index (χ2n) is 4.03. The number of nitrogens with one attached hydrogen (secondary N) is 1. The Morgan fingerprint density at radius 3 is 2.70 bits per heavy atom. The summed E-state index contributed by atoms with van der Waals surface area (Å²) in [4.78, 5) is 20.2. The van der Waals surface area contributed by atoms with E-state index in [0.29, 0.717) is 17.1 Å². The van der Waals surface area contributed by atoms with Gasteiger partial charge < -0.3 is 5.32 Å². The Kier molecular flexibility index (Phi) is 3.20. The lowest BCUT2D eigenvalue weighted by atomic mass is 10.2. The van der Waals surface area contributed by atoms with E-state index in [1.165, 1.54) is 17.3 Å². The summed E-state index contributed by atoms with van der Waals surface area (Å²) < 4.78 is 1.50. The van der Waals surface area contributed by atoms with Crippen LogP contribution in [-0.2, 0) is 0 Å². The largest absolute Gasteiger partial charge is 0.319 e. The van der Waals surface area contributed by atoms with Crippen molar-refractivity contribution >= 4 is 11.6 Å². The SMILES string of the molecule is O=C(Nc1cccnc1-n1cncn1)c1ccccc1. The molecule has 0 aliphatic carbocycles. The first-order valence-electron chi connectivity index (χ1n) is 6.01. The molecular formula is C14H11N5O. The number of pyridine rings is 1. The number of benzene rings is 1. The van der Waals surface area contributed by atoms with E-state index >= 15 is 0 Å². The molecule has 0 aliphatic rings. The molecule has 1 N–H and O–H groups in total. The van der Waals surface area contributed by atoms with Crippen LogP contribution in [0.4, 0.5) is 5.69 Å². The fourth-order valence-electron chi connectivity index (χ4n) is 1.78. The van der Waals surface area contributed by atoms with Gasteiger partial charge >= 0.3 is 0 Å². The molecule has 3 rings (SSSR count). The Balaban J connectivity index is 1.90. The predicted molar refractivity (Wildman–Crippen MR) is 73.5 cm³/mol. The molecule has 1 aromatic carbocycles. The molecule has 0 saturated heterocycles. The summed E-state index contributed by atoms with van der Waals surface area (Å²) in [5.74, 6) is 0.328. The maximum absolute atomic E-state index is 12.2. The van der Waals surface area contributed by atoms with Crippen molar-refractivity contribution in [2.24, 2.45) is 0 Å². The van der Waals surface area contributed by atoms with Gasteiger partial charge in [-0.1, -0.05) is 18.2 Å². The first-order valence-corrected chi connectivity index (χ1v) is 6.01. The maximum atomic E-state index is 12.2. The molecule has 2 aromatic heterocycles. The van der Waals surface area contributed by atoms with Crippen LogP contribution in [0.1, 0.15) is 10.4 Å². The molecule has 98 valence electrons. The fourth-order valence-corrected chi connectivity index (χ4v) is 1.78. The van der Waals surface area contributed by atoms with Crippen LogP contribution < -0.4 is 5.32 Å². The molecule has 0 atom stereocenters. The summed E-state index contributed by atoms with van der Waals surface area (Å²) in [5, 5.41) is 6.84. The number of carbonyl (C=O) groups excluding carboxylic acids is 1. The van der Waals surface area contributed by atoms with Gasteiger partial charge in [0.15, 0.2) is 5.82 Å². The van der Waals surface area contributed by atoms with E-state index in [0.717, 1.165) is 0 Å². The lowest BCUT2D eigenvalue weighted by Crippen LogP contribution is -2.14. The van der Waals surface area contributed by atoms with Gasteiger partial charge in [-0.25, -0.2) is 14.6 Å². The minimum atomic E-state index is -0.194. The van der Waals surface area contributed by atoms with Gasteiger partial charge in [-0.15, -0.1) is 0 Å². The van der Waals surface area contributed by atoms with Gasteiger partial charge in [0.05, 0.1) is 5.69 Å². The summed E-state index contributed by atoms with van der Waals surface area (Å²) in [6, 6.07) is 12.5. The van der Waals surface area contributed by atoms with Crippen molar-refractivity contribution in [1.82, 2.24) is 19.7 Å². The zero-order valence-electron chi connectivity index (χ0n) is 10.5. The number of anilines is 1. The van der Waals surface area contributed by atoms with Crippen LogP contribution >= 0.6 is 0 Å². The normalized spacial score (nSPS) is 10.2. The van der Waals surface area contributed by atoms with Crippen LogP contribution in [0.25, 0.3) is 5.82 Å². The minimum Gasteiger partial charge on any atom is -0.319 e. The number of hydrogen-bond acceptors (Lipinski definition) is 4. The molecular weight excluding hydrogens is 254 g/mol. The van der Waals surface area contributed by atoms with E-state index in [9.17, 15) is 4.79 Å². The summed E-state index contributed by atoms with van der Waals surface area (Å²) in [6.45, 7) is 0. The molecule has 1 amide bonds. The molecule has 2 heterocycles. The van der Waals surface area contributed by atoms with Gasteiger partial charge in [-0.3, -0.25) is 4.79 Å². The molecule has 3 aromatic rings. The summed E-state index contributed by atoms with van der Waals surface area (Å²) in [5.41, 5.74) is 1.16. The topological polar surface area (TPSA) is 72.7 Å². The first-order chi connectivity index (χ1) is 9.84. The van der Waals surface area contributed by atoms with E-state index in [4.69, 9.17) is 0 Å². The van der Waals surface area contributed by atoms with E-state index in [-0.39, 0.29) is 5.91 Å². The highest BCUT2D eigenvalue weighted by Crippen LogP contribution is 2.16. The van der Waals surface area contributed by atoms with Gasteiger partial charge in [-0.2, -0.15) is 5.10 Å². The van der Waals surface area contributed by atoms with Crippen molar-refractivity contribution in [3.05, 3.63) is 66.9 Å². The Morgan fingerprint density at radius 2 is 1.95 bits per heavy atom. The van der Waals surface area contributed by atoms with Gasteiger partial charge in [0.2, 0.25) is 0 Å². The molecule has 0 aliphatic heterocycles. The second-order valence-corrected chi connectivity index (χ2v) is 4.03. The van der Waals surface area contributed by atoms with Crippen LogP contribution in [-0.4, -0.2) is 25.7 Å². The summed E-state index contributed by atoms with van der Waals surface area (Å²) in [7, 11) is 0. The van der Waals surface area contributed by atoms with E-state index in [1.54, 1.807) is 30.5 Å². The third kappa shape index (κ3) is 2.39. The molecule has 6 heteroatoms. The van der Waals surface area contributed by atoms with Crippen LogP contribution in [0.15, 0.2) is 61.3 Å². The lowest BCUT2D eigenvalue weighted by molar-refractivity contribution is 0.102. The van der Waals surface area contributed by atoms with Crippen molar-refractivity contribution in [1.29, 1.82) is 0 Å². The monoisotopic (exact) mass is 265 g/mol. The zero-order valence-corrected chi connectivity index (χ0v) is 10.5. The van der Waals surface area contributed by atoms with E-state index < -0.39 is 0 Å². The highest BCUT2D eigenvalue weighted by molar-refractivity contribution is 6.05. The van der Waals surface area contributed by atoms with Gasteiger partial charge in [0, 0.05) is 11.8 Å². The number of nitrogens with zero attached hydrogens (tertiary/aromatic N) is 4. The van der Waals surface area contributed by atoms with Gasteiger partial charge in [0.25, 0.3) is 5.91 Å². The first kappa shape index (κ1) is 12.0. The Bertz CT molecular complexity index is 709. The molecule has 0 spiro atoms. The van der Waals surface area contributed by atoms with Crippen LogP contribution in [0.3, 0.4) is 0 Å². The molecule has 0 unspecified atom stereocenters. The van der Waals surface area contributed by atoms with Crippen molar-refractivity contribution in [2.75, 3.05) is 5.32 Å². The number of carbonyl (C=O) groups is 1. The number of amides is 1. The van der Waals surface area contributed by atoms with Crippen molar-refractivity contribution in [2.45, 2.75) is 0 Å². The average molecular weight is 265 g/mol. The quantitative estimate of drug-likeness (QED) is 0.785. The molecule has 0 radical (unpaired) electrons. The maximum Gasteiger partial charge on any atom is 0.255 e. The fraction of sp³-hybridized carbons (Fsp3) is 0. The zero-order chi connectivity index (χ0) is 13.8. The lowest BCUT2D eigenvalue weighted by Gasteiger charge is -2.09. The van der Waals surface area contributed by atoms with Crippen LogP contribution in [0, 0.1) is 0 Å². The predicted octanol–water partition coefficient (Wildman–Crippen LogP) is 1.91. The molecule has 0 bridgehead atoms. The van der Waals surface area contributed by atoms with E-state index in [2.05, 4.69) is 20.4 Å². The summed E-state index contributed by atoms with van der Waals surface area (Å²) in [6.07, 6.45) is 4.58. The Morgan fingerprint density at radius 1 is 1.10 bits per heavy atom. The van der Waals surface area contributed by atoms with Crippen molar-refractivity contribution < 1.29 is 4.79 Å². The molecule has 20 heavy (non-hydrogen) atoms. The average Bonchev–Trinajstić information content (AvgIpc) is 3.03. The summed E-state index contributed by atoms with van der Waals surface area (Å²) >= 11 is 0. The Hall–Kier alpha value is -3.02. The highest BCUT2D eigenvalue weighted by Gasteiger charge is 2.10. The molecule has 6 nitrogen and oxygen atoms in total.